The maximum atomic E-state index is 11.8. The molecule has 166 valence electrons. The third-order valence-corrected chi connectivity index (χ3v) is 6.70. The summed E-state index contributed by atoms with van der Waals surface area (Å²) in [6.45, 7) is 1.57. The van der Waals surface area contributed by atoms with Crippen LogP contribution in [0.5, 0.6) is 5.75 Å². The van der Waals surface area contributed by atoms with Crippen LogP contribution in [0, 0.1) is 0 Å². The fourth-order valence-electron chi connectivity index (χ4n) is 3.79. The number of thiophene rings is 1. The number of imidazole rings is 1. The summed E-state index contributed by atoms with van der Waals surface area (Å²) in [5, 5.41) is 7.49. The minimum Gasteiger partial charge on any atom is -0.495 e. The number of rotatable bonds is 5. The Balaban J connectivity index is 1.47. The summed E-state index contributed by atoms with van der Waals surface area (Å²) in [7, 11) is 1.60. The summed E-state index contributed by atoms with van der Waals surface area (Å²) in [5.74, 6) is 1.25. The van der Waals surface area contributed by atoms with Crippen LogP contribution in [0.3, 0.4) is 0 Å². The molecule has 10 heteroatoms. The molecule has 6 heterocycles. The zero-order valence-electron chi connectivity index (χ0n) is 18.2. The van der Waals surface area contributed by atoms with Gasteiger partial charge in [-0.25, -0.2) is 15.0 Å². The third-order valence-electron chi connectivity index (χ3n) is 5.48. The van der Waals surface area contributed by atoms with E-state index in [0.717, 1.165) is 27.2 Å². The second kappa shape index (κ2) is 7.85. The molecule has 0 unspecified atom stereocenters. The van der Waals surface area contributed by atoms with Crippen molar-refractivity contribution in [3.63, 3.8) is 0 Å². The number of hydrogen-bond acceptors (Lipinski definition) is 8. The number of H-pyrrole nitrogens is 2. The summed E-state index contributed by atoms with van der Waals surface area (Å²) in [5.41, 5.74) is 5.87. The topological polar surface area (TPSA) is 122 Å². The van der Waals surface area contributed by atoms with Crippen LogP contribution in [0.25, 0.3) is 55.4 Å². The Morgan fingerprint density at radius 3 is 2.79 bits per heavy atom. The predicted molar refractivity (Wildman–Crippen MR) is 130 cm³/mol. The van der Waals surface area contributed by atoms with Gasteiger partial charge >= 0.3 is 0 Å². The van der Waals surface area contributed by atoms with E-state index in [4.69, 9.17) is 14.7 Å². The largest absolute Gasteiger partial charge is 0.495 e. The van der Waals surface area contributed by atoms with Crippen molar-refractivity contribution in [3.8, 4) is 39.0 Å². The zero-order valence-corrected chi connectivity index (χ0v) is 19.0. The second-order valence-corrected chi connectivity index (χ2v) is 8.72. The minimum atomic E-state index is 0.0420. The van der Waals surface area contributed by atoms with Crippen molar-refractivity contribution in [1.82, 2.24) is 35.1 Å². The van der Waals surface area contributed by atoms with Gasteiger partial charge in [0, 0.05) is 28.4 Å². The van der Waals surface area contributed by atoms with Crippen LogP contribution in [0.4, 0.5) is 0 Å². The molecule has 6 aromatic rings. The lowest BCUT2D eigenvalue weighted by Gasteiger charge is -2.03. The highest BCUT2D eigenvalue weighted by atomic mass is 32.1. The fraction of sp³-hybridized carbons (Fsp3) is 0.0833. The summed E-state index contributed by atoms with van der Waals surface area (Å²) < 4.78 is 5.29. The van der Waals surface area contributed by atoms with Crippen molar-refractivity contribution in [2.24, 2.45) is 0 Å². The molecular weight excluding hydrogens is 450 g/mol. The molecule has 0 saturated carbocycles. The average Bonchev–Trinajstić information content (AvgIpc) is 3.61. The number of carbonyl (C=O) groups excluding carboxylic acids is 1. The number of carbonyl (C=O) groups is 1. The maximum Gasteiger partial charge on any atom is 0.169 e. The minimum absolute atomic E-state index is 0.0420. The fourth-order valence-corrected chi connectivity index (χ4v) is 4.72. The Bertz CT molecular complexity index is 1700. The summed E-state index contributed by atoms with van der Waals surface area (Å²) in [4.78, 5) is 35.0. The molecule has 2 N–H and O–H groups in total. The highest BCUT2D eigenvalue weighted by molar-refractivity contribution is 7.17. The molecule has 0 radical (unpaired) electrons. The van der Waals surface area contributed by atoms with E-state index in [1.54, 1.807) is 32.6 Å². The number of hydrogen-bond donors (Lipinski definition) is 2. The number of ether oxygens (including phenoxy) is 1. The molecule has 0 aliphatic heterocycles. The number of pyridine rings is 3. The molecule has 6 rings (SSSR count). The Morgan fingerprint density at radius 1 is 1.06 bits per heavy atom. The van der Waals surface area contributed by atoms with Crippen LogP contribution < -0.4 is 4.74 Å². The number of ketones is 1. The lowest BCUT2D eigenvalue weighted by atomic mass is 10.1. The van der Waals surface area contributed by atoms with Crippen molar-refractivity contribution in [3.05, 3.63) is 59.9 Å². The van der Waals surface area contributed by atoms with Gasteiger partial charge < -0.3 is 9.72 Å². The van der Waals surface area contributed by atoms with E-state index in [-0.39, 0.29) is 5.78 Å². The van der Waals surface area contributed by atoms with Gasteiger partial charge in [0.1, 0.15) is 16.8 Å². The number of nitrogens with zero attached hydrogens (tertiary/aromatic N) is 5. The van der Waals surface area contributed by atoms with Gasteiger partial charge in [-0.15, -0.1) is 11.3 Å². The molecule has 0 spiro atoms. The van der Waals surface area contributed by atoms with Gasteiger partial charge in [-0.05, 0) is 43.3 Å². The average molecular weight is 468 g/mol. The first-order chi connectivity index (χ1) is 16.6. The Morgan fingerprint density at radius 2 is 1.97 bits per heavy atom. The molecule has 0 bridgehead atoms. The Hall–Kier alpha value is -4.44. The van der Waals surface area contributed by atoms with E-state index in [1.807, 2.05) is 36.4 Å². The van der Waals surface area contributed by atoms with Gasteiger partial charge in [0.15, 0.2) is 22.9 Å². The standard InChI is InChI=1S/C24H17N7O2S/c1-12(32)18-5-6-19(34-18)15-7-8-26-23-20(15)28-24(29-23)22-21-17(30-31-22)4-3-16(27-21)13-9-14(33-2)11-25-10-13/h3-11H,1-2H3,(H,30,31)(H,26,28,29). The predicted octanol–water partition coefficient (Wildman–Crippen LogP) is 4.90. The van der Waals surface area contributed by atoms with E-state index in [9.17, 15) is 4.79 Å². The number of nitrogens with one attached hydrogen (secondary N) is 2. The lowest BCUT2D eigenvalue weighted by Crippen LogP contribution is -1.89. The summed E-state index contributed by atoms with van der Waals surface area (Å²) >= 11 is 1.44. The van der Waals surface area contributed by atoms with E-state index in [0.29, 0.717) is 38.8 Å². The SMILES string of the molecule is COc1cncc(-c2ccc3[nH]nc(-c4nc5c(-c6ccc(C(C)=O)s6)ccnc5[nH]4)c3n2)c1. The van der Waals surface area contributed by atoms with Gasteiger partial charge in [-0.2, -0.15) is 5.10 Å². The van der Waals surface area contributed by atoms with Gasteiger partial charge in [0.2, 0.25) is 0 Å². The number of aromatic nitrogens is 7. The molecule has 0 aliphatic carbocycles. The monoisotopic (exact) mass is 467 g/mol. The van der Waals surface area contributed by atoms with Gasteiger partial charge in [-0.3, -0.25) is 14.9 Å². The molecule has 6 aromatic heterocycles. The van der Waals surface area contributed by atoms with E-state index >= 15 is 0 Å². The summed E-state index contributed by atoms with van der Waals surface area (Å²) in [6, 6.07) is 11.4. The number of aromatic amines is 2. The number of fused-ring (bicyclic) bond motifs is 2. The van der Waals surface area contributed by atoms with Crippen molar-refractivity contribution in [1.29, 1.82) is 0 Å². The normalized spacial score (nSPS) is 11.4. The van der Waals surface area contributed by atoms with Crippen molar-refractivity contribution in [2.45, 2.75) is 6.92 Å². The van der Waals surface area contributed by atoms with Crippen LogP contribution in [0.2, 0.25) is 0 Å². The first kappa shape index (κ1) is 20.2. The molecule has 0 atom stereocenters. The van der Waals surface area contributed by atoms with E-state index in [1.165, 1.54) is 11.3 Å². The van der Waals surface area contributed by atoms with Gasteiger partial charge in [0.05, 0.1) is 29.4 Å². The molecule has 0 amide bonds. The Labute approximate surface area is 196 Å². The first-order valence-corrected chi connectivity index (χ1v) is 11.2. The number of methoxy groups -OCH3 is 1. The Kier molecular flexibility index (Phi) is 4.66. The van der Waals surface area contributed by atoms with Crippen LogP contribution in [-0.2, 0) is 0 Å². The van der Waals surface area contributed by atoms with Crippen LogP contribution >= 0.6 is 11.3 Å². The van der Waals surface area contributed by atoms with Crippen molar-refractivity contribution in [2.75, 3.05) is 7.11 Å². The lowest BCUT2D eigenvalue weighted by molar-refractivity contribution is 0.102. The van der Waals surface area contributed by atoms with Crippen LogP contribution in [-0.4, -0.2) is 48.0 Å². The number of Topliss-reactive ketones (excluding diaryl/α,β-unsaturated/α-hetero) is 1. The van der Waals surface area contributed by atoms with Gasteiger partial charge in [0.25, 0.3) is 0 Å². The zero-order chi connectivity index (χ0) is 23.2. The van der Waals surface area contributed by atoms with Crippen molar-refractivity contribution < 1.29 is 9.53 Å². The van der Waals surface area contributed by atoms with Crippen LogP contribution in [0.1, 0.15) is 16.6 Å². The quantitative estimate of drug-likeness (QED) is 0.346. The van der Waals surface area contributed by atoms with Crippen LogP contribution in [0.15, 0.2) is 55.0 Å². The first-order valence-electron chi connectivity index (χ1n) is 10.4. The molecular formula is C24H17N7O2S. The van der Waals surface area contributed by atoms with Gasteiger partial charge in [-0.1, -0.05) is 0 Å². The summed E-state index contributed by atoms with van der Waals surface area (Å²) in [6.07, 6.45) is 5.11. The highest BCUT2D eigenvalue weighted by Crippen LogP contribution is 2.34. The third kappa shape index (κ3) is 3.32. The maximum absolute atomic E-state index is 11.8. The molecule has 0 saturated heterocycles. The highest BCUT2D eigenvalue weighted by Gasteiger charge is 2.18. The smallest absolute Gasteiger partial charge is 0.169 e. The molecule has 0 aliphatic rings. The molecule has 34 heavy (non-hydrogen) atoms. The van der Waals surface area contributed by atoms with E-state index in [2.05, 4.69) is 25.1 Å². The van der Waals surface area contributed by atoms with Crippen molar-refractivity contribution >= 4 is 39.3 Å². The molecule has 9 nitrogen and oxygen atoms in total. The molecule has 0 fully saturated rings. The van der Waals surface area contributed by atoms with E-state index < -0.39 is 0 Å². The molecule has 0 aromatic carbocycles. The second-order valence-electron chi connectivity index (χ2n) is 7.64.